The number of hydrogen-bond acceptors (Lipinski definition) is 2. The second-order valence-corrected chi connectivity index (χ2v) is 4.88. The van der Waals surface area contributed by atoms with E-state index in [0.717, 1.165) is 24.8 Å². The van der Waals surface area contributed by atoms with Gasteiger partial charge in [0.25, 0.3) is 0 Å². The molecule has 0 heterocycles. The molecule has 0 N–H and O–H groups in total. The van der Waals surface area contributed by atoms with Crippen molar-refractivity contribution >= 4 is 11.6 Å². The SMILES string of the molecule is C=C=C(C)C1CC(C(C)=O)C[C@@H](C(C)=O)C1. The third-order valence-corrected chi connectivity index (χ3v) is 3.75. The molecule has 1 saturated carbocycles. The molecule has 2 unspecified atom stereocenters. The molecular weight excluding hydrogens is 200 g/mol. The molecule has 1 aliphatic carbocycles. The number of carbonyl (C=O) groups is 2. The summed E-state index contributed by atoms with van der Waals surface area (Å²) in [5.41, 5.74) is 3.98. The minimum absolute atomic E-state index is 0.0379. The van der Waals surface area contributed by atoms with E-state index in [9.17, 15) is 9.59 Å². The Labute approximate surface area is 97.4 Å². The molecule has 88 valence electrons. The highest BCUT2D eigenvalue weighted by Crippen LogP contribution is 2.37. The Morgan fingerprint density at radius 3 is 1.62 bits per heavy atom. The molecule has 0 saturated heterocycles. The fraction of sp³-hybridized carbons (Fsp3) is 0.643. The zero-order valence-electron chi connectivity index (χ0n) is 10.4. The van der Waals surface area contributed by atoms with Gasteiger partial charge in [0.2, 0.25) is 0 Å². The highest BCUT2D eigenvalue weighted by atomic mass is 16.1. The van der Waals surface area contributed by atoms with Crippen LogP contribution in [0, 0.1) is 17.8 Å². The van der Waals surface area contributed by atoms with Crippen LogP contribution in [0.1, 0.15) is 40.0 Å². The van der Waals surface area contributed by atoms with Crippen molar-refractivity contribution in [3.63, 3.8) is 0 Å². The van der Waals surface area contributed by atoms with Gasteiger partial charge in [-0.3, -0.25) is 9.59 Å². The number of carbonyl (C=O) groups excluding carboxylic acids is 2. The monoisotopic (exact) mass is 220 g/mol. The van der Waals surface area contributed by atoms with E-state index in [0.29, 0.717) is 5.92 Å². The third-order valence-electron chi connectivity index (χ3n) is 3.75. The van der Waals surface area contributed by atoms with Crippen LogP contribution in [0.3, 0.4) is 0 Å². The van der Waals surface area contributed by atoms with E-state index in [-0.39, 0.29) is 23.4 Å². The Bertz CT molecular complexity index is 326. The van der Waals surface area contributed by atoms with Crippen molar-refractivity contribution < 1.29 is 9.59 Å². The van der Waals surface area contributed by atoms with E-state index >= 15 is 0 Å². The van der Waals surface area contributed by atoms with Gasteiger partial charge in [-0.2, -0.15) is 0 Å². The normalized spacial score (nSPS) is 29.3. The van der Waals surface area contributed by atoms with Gasteiger partial charge >= 0.3 is 0 Å². The molecule has 1 fully saturated rings. The van der Waals surface area contributed by atoms with Crippen LogP contribution in [0.2, 0.25) is 0 Å². The van der Waals surface area contributed by atoms with E-state index in [4.69, 9.17) is 0 Å². The van der Waals surface area contributed by atoms with Gasteiger partial charge in [-0.05, 0) is 51.5 Å². The highest BCUT2D eigenvalue weighted by Gasteiger charge is 2.33. The van der Waals surface area contributed by atoms with E-state index in [2.05, 4.69) is 12.3 Å². The first-order valence-corrected chi connectivity index (χ1v) is 5.83. The lowest BCUT2D eigenvalue weighted by atomic mass is 9.70. The summed E-state index contributed by atoms with van der Waals surface area (Å²) in [7, 11) is 0. The van der Waals surface area contributed by atoms with Gasteiger partial charge in [-0.15, -0.1) is 5.73 Å². The quantitative estimate of drug-likeness (QED) is 0.685. The Hall–Kier alpha value is -1.14. The molecule has 0 radical (unpaired) electrons. The number of rotatable bonds is 3. The van der Waals surface area contributed by atoms with Crippen LogP contribution in [-0.4, -0.2) is 11.6 Å². The summed E-state index contributed by atoms with van der Waals surface area (Å²) >= 11 is 0. The topological polar surface area (TPSA) is 34.1 Å². The van der Waals surface area contributed by atoms with E-state index < -0.39 is 0 Å². The van der Waals surface area contributed by atoms with E-state index in [1.54, 1.807) is 13.8 Å². The van der Waals surface area contributed by atoms with Crippen molar-refractivity contribution in [2.45, 2.75) is 40.0 Å². The summed E-state index contributed by atoms with van der Waals surface area (Å²) in [6, 6.07) is 0. The summed E-state index contributed by atoms with van der Waals surface area (Å²) in [5, 5.41) is 0. The second-order valence-electron chi connectivity index (χ2n) is 4.88. The molecule has 2 heteroatoms. The molecule has 0 aromatic heterocycles. The van der Waals surface area contributed by atoms with E-state index in [1.807, 2.05) is 6.92 Å². The van der Waals surface area contributed by atoms with Crippen molar-refractivity contribution in [3.05, 3.63) is 17.9 Å². The van der Waals surface area contributed by atoms with E-state index in [1.165, 1.54) is 0 Å². The average Bonchev–Trinajstić information content (AvgIpc) is 2.27. The Morgan fingerprint density at radius 1 is 0.938 bits per heavy atom. The summed E-state index contributed by atoms with van der Waals surface area (Å²) in [5.74, 6) is 0.779. The van der Waals surface area contributed by atoms with Crippen molar-refractivity contribution in [3.8, 4) is 0 Å². The zero-order chi connectivity index (χ0) is 12.3. The predicted octanol–water partition coefficient (Wildman–Crippen LogP) is 2.93. The molecule has 0 amide bonds. The second kappa shape index (κ2) is 5.27. The predicted molar refractivity (Wildman–Crippen MR) is 64.0 cm³/mol. The summed E-state index contributed by atoms with van der Waals surface area (Å²) < 4.78 is 0. The number of ketones is 2. The van der Waals surface area contributed by atoms with Gasteiger partial charge in [-0.25, -0.2) is 0 Å². The molecule has 0 bridgehead atoms. The van der Waals surface area contributed by atoms with Crippen LogP contribution in [0.15, 0.2) is 17.9 Å². The van der Waals surface area contributed by atoms with Crippen LogP contribution < -0.4 is 0 Å². The molecule has 3 atom stereocenters. The van der Waals surface area contributed by atoms with Gasteiger partial charge in [0.05, 0.1) is 0 Å². The first kappa shape index (κ1) is 12.9. The highest BCUT2D eigenvalue weighted by molar-refractivity contribution is 5.82. The molecule has 0 aliphatic heterocycles. The largest absolute Gasteiger partial charge is 0.300 e. The molecule has 1 rings (SSSR count). The first-order valence-electron chi connectivity index (χ1n) is 5.83. The van der Waals surface area contributed by atoms with Crippen molar-refractivity contribution in [2.24, 2.45) is 17.8 Å². The number of allylic oxidation sites excluding steroid dienone is 1. The molecule has 1 aliphatic rings. The molecule has 0 spiro atoms. The van der Waals surface area contributed by atoms with Crippen molar-refractivity contribution in [1.29, 1.82) is 0 Å². The molecule has 0 aromatic carbocycles. The Morgan fingerprint density at radius 2 is 1.31 bits per heavy atom. The summed E-state index contributed by atoms with van der Waals surface area (Å²) in [6.45, 7) is 8.87. The maximum absolute atomic E-state index is 11.5. The van der Waals surface area contributed by atoms with Crippen LogP contribution in [0.25, 0.3) is 0 Å². The summed E-state index contributed by atoms with van der Waals surface area (Å²) in [6.07, 6.45) is 2.44. The fourth-order valence-corrected chi connectivity index (χ4v) is 2.48. The van der Waals surface area contributed by atoms with Crippen LogP contribution >= 0.6 is 0 Å². The Kier molecular flexibility index (Phi) is 4.26. The minimum Gasteiger partial charge on any atom is -0.300 e. The van der Waals surface area contributed by atoms with Gasteiger partial charge in [-0.1, -0.05) is 6.58 Å². The lowest BCUT2D eigenvalue weighted by molar-refractivity contribution is -0.126. The number of Topliss-reactive ketones (excluding diaryl/α,β-unsaturated/α-hetero) is 2. The van der Waals surface area contributed by atoms with Crippen LogP contribution in [0.5, 0.6) is 0 Å². The summed E-state index contributed by atoms with van der Waals surface area (Å²) in [4.78, 5) is 22.9. The Balaban J connectivity index is 2.86. The standard InChI is InChI=1S/C14H20O2/c1-5-9(2)12-6-13(10(3)15)8-14(7-12)11(4)16/h12-14H,1,6-8H2,2-4H3/t12?,13-,14?/m0/s1. The minimum atomic E-state index is 0.0379. The first-order chi connectivity index (χ1) is 7.45. The molecule has 0 aromatic rings. The van der Waals surface area contributed by atoms with Gasteiger partial charge in [0.1, 0.15) is 11.6 Å². The van der Waals surface area contributed by atoms with Gasteiger partial charge in [0.15, 0.2) is 0 Å². The van der Waals surface area contributed by atoms with Gasteiger partial charge in [0, 0.05) is 11.8 Å². The average molecular weight is 220 g/mol. The maximum Gasteiger partial charge on any atom is 0.132 e. The molecule has 2 nitrogen and oxygen atoms in total. The maximum atomic E-state index is 11.5. The van der Waals surface area contributed by atoms with Crippen molar-refractivity contribution in [1.82, 2.24) is 0 Å². The van der Waals surface area contributed by atoms with Crippen molar-refractivity contribution in [2.75, 3.05) is 0 Å². The molecule has 16 heavy (non-hydrogen) atoms. The smallest absolute Gasteiger partial charge is 0.132 e. The van der Waals surface area contributed by atoms with Crippen LogP contribution in [0.4, 0.5) is 0 Å². The lowest BCUT2D eigenvalue weighted by Crippen LogP contribution is -2.30. The number of hydrogen-bond donors (Lipinski definition) is 0. The van der Waals surface area contributed by atoms with Gasteiger partial charge < -0.3 is 0 Å². The fourth-order valence-electron chi connectivity index (χ4n) is 2.48. The van der Waals surface area contributed by atoms with Crippen LogP contribution in [-0.2, 0) is 9.59 Å². The molecular formula is C14H20O2. The third kappa shape index (κ3) is 2.93. The lowest BCUT2D eigenvalue weighted by Gasteiger charge is -2.32. The zero-order valence-corrected chi connectivity index (χ0v) is 10.4.